The van der Waals surface area contributed by atoms with Crippen molar-refractivity contribution in [1.82, 2.24) is 5.32 Å². The molecule has 24 heavy (non-hydrogen) atoms. The van der Waals surface area contributed by atoms with Gasteiger partial charge < -0.3 is 10.1 Å². The van der Waals surface area contributed by atoms with Gasteiger partial charge in [0.05, 0.1) is 21.7 Å². The average molecular weight is 407 g/mol. The van der Waals surface area contributed by atoms with E-state index in [1.807, 2.05) is 6.07 Å². The fourth-order valence-electron chi connectivity index (χ4n) is 1.95. The summed E-state index contributed by atoms with van der Waals surface area (Å²) in [6, 6.07) is 10.3. The van der Waals surface area contributed by atoms with Crippen LogP contribution in [-0.2, 0) is 11.3 Å². The number of hydrogen-bond acceptors (Lipinski definition) is 2. The van der Waals surface area contributed by atoms with Crippen LogP contribution in [0, 0.1) is 0 Å². The van der Waals surface area contributed by atoms with Crippen LogP contribution in [0.1, 0.15) is 18.4 Å². The van der Waals surface area contributed by atoms with Gasteiger partial charge in [-0.25, -0.2) is 0 Å². The van der Waals surface area contributed by atoms with Gasteiger partial charge in [0, 0.05) is 18.0 Å². The molecule has 0 saturated carbocycles. The van der Waals surface area contributed by atoms with Gasteiger partial charge in [-0.3, -0.25) is 4.79 Å². The van der Waals surface area contributed by atoms with E-state index in [9.17, 15) is 4.79 Å². The Labute approximate surface area is 160 Å². The number of benzene rings is 2. The highest BCUT2D eigenvalue weighted by molar-refractivity contribution is 6.42. The van der Waals surface area contributed by atoms with E-state index >= 15 is 0 Å². The van der Waals surface area contributed by atoms with E-state index in [-0.39, 0.29) is 5.91 Å². The van der Waals surface area contributed by atoms with Crippen LogP contribution in [0.25, 0.3) is 0 Å². The highest BCUT2D eigenvalue weighted by Crippen LogP contribution is 2.27. The first kappa shape index (κ1) is 19.2. The van der Waals surface area contributed by atoms with E-state index in [4.69, 9.17) is 51.1 Å². The standard InChI is InChI=1S/C17H15Cl4NO2/c18-12-4-6-16(15(21)9-12)24-7-1-2-17(23)22-10-11-3-5-13(19)14(20)8-11/h3-6,8-9H,1-2,7,10H2,(H,22,23). The largest absolute Gasteiger partial charge is 0.492 e. The van der Waals surface area contributed by atoms with E-state index in [2.05, 4.69) is 5.32 Å². The Morgan fingerprint density at radius 3 is 2.46 bits per heavy atom. The number of amides is 1. The SMILES string of the molecule is O=C(CCCOc1ccc(Cl)cc1Cl)NCc1ccc(Cl)c(Cl)c1. The molecule has 1 N–H and O–H groups in total. The highest BCUT2D eigenvalue weighted by Gasteiger charge is 2.05. The third-order valence-electron chi connectivity index (χ3n) is 3.17. The fraction of sp³-hybridized carbons (Fsp3) is 0.235. The summed E-state index contributed by atoms with van der Waals surface area (Å²) in [5, 5.41) is 4.78. The van der Waals surface area contributed by atoms with Gasteiger partial charge in [0.2, 0.25) is 5.91 Å². The van der Waals surface area contributed by atoms with Gasteiger partial charge in [-0.15, -0.1) is 0 Å². The molecule has 1 amide bonds. The molecule has 0 aliphatic rings. The molecule has 3 nitrogen and oxygen atoms in total. The topological polar surface area (TPSA) is 38.3 Å². The molecule has 0 spiro atoms. The lowest BCUT2D eigenvalue weighted by Crippen LogP contribution is -2.23. The van der Waals surface area contributed by atoms with E-state index in [0.29, 0.717) is 51.8 Å². The van der Waals surface area contributed by atoms with Gasteiger partial charge in [0.15, 0.2) is 0 Å². The third kappa shape index (κ3) is 6.06. The Kier molecular flexibility index (Phi) is 7.50. The molecule has 128 valence electrons. The molecular weight excluding hydrogens is 392 g/mol. The summed E-state index contributed by atoms with van der Waals surface area (Å²) in [6.07, 6.45) is 0.929. The lowest BCUT2D eigenvalue weighted by molar-refractivity contribution is -0.121. The maximum absolute atomic E-state index is 11.8. The molecule has 2 aromatic rings. The summed E-state index contributed by atoms with van der Waals surface area (Å²) in [6.45, 7) is 0.793. The Morgan fingerprint density at radius 1 is 0.958 bits per heavy atom. The maximum atomic E-state index is 11.8. The van der Waals surface area contributed by atoms with Crippen molar-refractivity contribution in [2.45, 2.75) is 19.4 Å². The minimum atomic E-state index is -0.0631. The first-order chi connectivity index (χ1) is 11.5. The second-order valence-corrected chi connectivity index (χ2v) is 6.71. The van der Waals surface area contributed by atoms with Crippen LogP contribution < -0.4 is 10.1 Å². The predicted molar refractivity (Wildman–Crippen MR) is 99.5 cm³/mol. The van der Waals surface area contributed by atoms with Gasteiger partial charge in [-0.1, -0.05) is 52.5 Å². The number of hydrogen-bond donors (Lipinski definition) is 1. The van der Waals surface area contributed by atoms with Gasteiger partial charge in [-0.2, -0.15) is 0 Å². The van der Waals surface area contributed by atoms with Crippen LogP contribution in [0.5, 0.6) is 5.75 Å². The molecule has 7 heteroatoms. The van der Waals surface area contributed by atoms with E-state index in [0.717, 1.165) is 5.56 Å². The summed E-state index contributed by atoms with van der Waals surface area (Å²) >= 11 is 23.6. The third-order valence-corrected chi connectivity index (χ3v) is 4.44. The molecule has 0 radical (unpaired) electrons. The number of halogens is 4. The molecule has 0 saturated heterocycles. The Bertz CT molecular complexity index is 722. The summed E-state index contributed by atoms with van der Waals surface area (Å²) in [4.78, 5) is 11.8. The number of carbonyl (C=O) groups is 1. The zero-order valence-electron chi connectivity index (χ0n) is 12.6. The average Bonchev–Trinajstić information content (AvgIpc) is 2.54. The zero-order valence-corrected chi connectivity index (χ0v) is 15.6. The van der Waals surface area contributed by atoms with Crippen LogP contribution in [-0.4, -0.2) is 12.5 Å². The Morgan fingerprint density at radius 2 is 1.75 bits per heavy atom. The van der Waals surface area contributed by atoms with Crippen molar-refractivity contribution in [2.24, 2.45) is 0 Å². The van der Waals surface area contributed by atoms with Crippen molar-refractivity contribution in [1.29, 1.82) is 0 Å². The molecule has 0 atom stereocenters. The van der Waals surface area contributed by atoms with Crippen molar-refractivity contribution in [3.05, 3.63) is 62.1 Å². The number of rotatable bonds is 7. The molecular formula is C17H15Cl4NO2. The molecule has 0 aliphatic carbocycles. The van der Waals surface area contributed by atoms with Crippen molar-refractivity contribution in [3.63, 3.8) is 0 Å². The maximum Gasteiger partial charge on any atom is 0.220 e. The van der Waals surface area contributed by atoms with Gasteiger partial charge >= 0.3 is 0 Å². The summed E-state index contributed by atoms with van der Waals surface area (Å²) in [5.74, 6) is 0.490. The summed E-state index contributed by atoms with van der Waals surface area (Å²) in [5.41, 5.74) is 0.891. The summed E-state index contributed by atoms with van der Waals surface area (Å²) < 4.78 is 5.53. The second kappa shape index (κ2) is 9.38. The van der Waals surface area contributed by atoms with Crippen molar-refractivity contribution in [2.75, 3.05) is 6.61 Å². The minimum absolute atomic E-state index is 0.0631. The normalized spacial score (nSPS) is 10.5. The minimum Gasteiger partial charge on any atom is -0.492 e. The number of nitrogens with one attached hydrogen (secondary N) is 1. The molecule has 0 unspecified atom stereocenters. The van der Waals surface area contributed by atoms with Gasteiger partial charge in [0.25, 0.3) is 0 Å². The highest BCUT2D eigenvalue weighted by atomic mass is 35.5. The molecule has 0 aromatic heterocycles. The molecule has 2 aromatic carbocycles. The van der Waals surface area contributed by atoms with Crippen molar-refractivity contribution >= 4 is 52.3 Å². The van der Waals surface area contributed by atoms with Crippen LogP contribution in [0.15, 0.2) is 36.4 Å². The van der Waals surface area contributed by atoms with E-state index in [1.54, 1.807) is 30.3 Å². The number of carbonyl (C=O) groups excluding carboxylic acids is 1. The van der Waals surface area contributed by atoms with Crippen LogP contribution in [0.3, 0.4) is 0 Å². The van der Waals surface area contributed by atoms with Gasteiger partial charge in [-0.05, 0) is 42.3 Å². The van der Waals surface area contributed by atoms with Gasteiger partial charge in [0.1, 0.15) is 5.75 Å². The van der Waals surface area contributed by atoms with E-state index in [1.165, 1.54) is 0 Å². The molecule has 0 aliphatic heterocycles. The molecule has 0 fully saturated rings. The molecule has 0 bridgehead atoms. The summed E-state index contributed by atoms with van der Waals surface area (Å²) in [7, 11) is 0. The lowest BCUT2D eigenvalue weighted by Gasteiger charge is -2.09. The van der Waals surface area contributed by atoms with Crippen LogP contribution in [0.4, 0.5) is 0 Å². The molecule has 0 heterocycles. The Hall–Kier alpha value is -1.13. The monoisotopic (exact) mass is 405 g/mol. The molecule has 2 rings (SSSR count). The van der Waals surface area contributed by atoms with Crippen molar-refractivity contribution < 1.29 is 9.53 Å². The first-order valence-corrected chi connectivity index (χ1v) is 8.75. The predicted octanol–water partition coefficient (Wildman–Crippen LogP) is 5.78. The van der Waals surface area contributed by atoms with Crippen LogP contribution >= 0.6 is 46.4 Å². The number of ether oxygens (including phenoxy) is 1. The first-order valence-electron chi connectivity index (χ1n) is 7.24. The Balaban J connectivity index is 1.68. The lowest BCUT2D eigenvalue weighted by atomic mass is 10.2. The second-order valence-electron chi connectivity index (χ2n) is 5.05. The van der Waals surface area contributed by atoms with Crippen molar-refractivity contribution in [3.8, 4) is 5.75 Å². The van der Waals surface area contributed by atoms with Crippen LogP contribution in [0.2, 0.25) is 20.1 Å². The quantitative estimate of drug-likeness (QED) is 0.592. The smallest absolute Gasteiger partial charge is 0.220 e. The van der Waals surface area contributed by atoms with E-state index < -0.39 is 0 Å². The zero-order chi connectivity index (χ0) is 17.5. The fourth-order valence-corrected chi connectivity index (χ4v) is 2.73.